The van der Waals surface area contributed by atoms with Gasteiger partial charge < -0.3 is 5.11 Å². The Morgan fingerprint density at radius 3 is 2.50 bits per heavy atom. The van der Waals surface area contributed by atoms with E-state index in [4.69, 9.17) is 0 Å². The molecule has 3 heteroatoms. The number of allylic oxidation sites excluding steroid dienone is 1. The summed E-state index contributed by atoms with van der Waals surface area (Å²) in [4.78, 5) is 0. The van der Waals surface area contributed by atoms with Gasteiger partial charge in [-0.2, -0.15) is 0 Å². The van der Waals surface area contributed by atoms with E-state index in [0.717, 1.165) is 12.8 Å². The molecule has 0 aromatic heterocycles. The monoisotopic (exact) mass is 258 g/mol. The van der Waals surface area contributed by atoms with Gasteiger partial charge in [0.2, 0.25) is 0 Å². The molecule has 0 amide bonds. The van der Waals surface area contributed by atoms with Crippen molar-refractivity contribution in [3.05, 3.63) is 11.6 Å². The average Bonchev–Trinajstić information content (AvgIpc) is 2.31. The molecule has 92 valence electrons. The lowest BCUT2D eigenvalue weighted by atomic mass is 9.84. The second-order valence-electron chi connectivity index (χ2n) is 5.04. The van der Waals surface area contributed by atoms with Crippen LogP contribution in [0.2, 0.25) is 0 Å². The van der Waals surface area contributed by atoms with Gasteiger partial charge >= 0.3 is 0 Å². The van der Waals surface area contributed by atoms with Crippen LogP contribution in [0.25, 0.3) is 0 Å². The molecule has 0 saturated carbocycles. The molecule has 1 heterocycles. The van der Waals surface area contributed by atoms with Crippen molar-refractivity contribution >= 4 is 23.5 Å². The van der Waals surface area contributed by atoms with Gasteiger partial charge in [0.05, 0.1) is 4.08 Å². The zero-order chi connectivity index (χ0) is 11.6. The van der Waals surface area contributed by atoms with Crippen LogP contribution in [-0.4, -0.2) is 26.3 Å². The Balaban J connectivity index is 2.18. The van der Waals surface area contributed by atoms with Gasteiger partial charge in [-0.05, 0) is 63.0 Å². The van der Waals surface area contributed by atoms with Gasteiger partial charge in [0.1, 0.15) is 5.60 Å². The van der Waals surface area contributed by atoms with Gasteiger partial charge in [-0.25, -0.2) is 0 Å². The summed E-state index contributed by atoms with van der Waals surface area (Å²) in [5.74, 6) is 2.37. The fourth-order valence-corrected chi connectivity index (χ4v) is 5.68. The molecule has 1 aliphatic carbocycles. The van der Waals surface area contributed by atoms with E-state index < -0.39 is 5.60 Å². The summed E-state index contributed by atoms with van der Waals surface area (Å²) in [7, 11) is 0. The molecule has 1 nitrogen and oxygen atoms in total. The van der Waals surface area contributed by atoms with Crippen LogP contribution in [0.4, 0.5) is 0 Å². The predicted octanol–water partition coefficient (Wildman–Crippen LogP) is 3.82. The van der Waals surface area contributed by atoms with Crippen LogP contribution in [-0.2, 0) is 0 Å². The maximum absolute atomic E-state index is 10.9. The molecular formula is C13H22OS2. The third kappa shape index (κ3) is 2.32. The Morgan fingerprint density at radius 2 is 1.94 bits per heavy atom. The number of hydrogen-bond donors (Lipinski definition) is 1. The van der Waals surface area contributed by atoms with Crippen molar-refractivity contribution in [2.75, 3.05) is 11.5 Å². The standard InChI is InChI=1S/C13H22OS2/c1-12(14,11-7-4-3-5-8-11)13(2)15-9-6-10-16-13/h7,14H,3-6,8-10H2,1-2H3/t12-/m1/s1. The summed E-state index contributed by atoms with van der Waals surface area (Å²) in [6, 6.07) is 0. The number of rotatable bonds is 2. The van der Waals surface area contributed by atoms with E-state index in [1.807, 2.05) is 30.4 Å². The minimum Gasteiger partial charge on any atom is -0.383 e. The minimum absolute atomic E-state index is 0.0472. The Kier molecular flexibility index (Phi) is 3.97. The van der Waals surface area contributed by atoms with Crippen LogP contribution in [0.5, 0.6) is 0 Å². The van der Waals surface area contributed by atoms with Crippen LogP contribution in [0, 0.1) is 0 Å². The minimum atomic E-state index is -0.636. The first-order valence-corrected chi connectivity index (χ1v) is 8.23. The molecule has 16 heavy (non-hydrogen) atoms. The van der Waals surface area contributed by atoms with E-state index in [0.29, 0.717) is 0 Å². The molecule has 0 bridgehead atoms. The highest BCUT2D eigenvalue weighted by Crippen LogP contribution is 2.52. The van der Waals surface area contributed by atoms with Crippen LogP contribution < -0.4 is 0 Å². The van der Waals surface area contributed by atoms with Crippen molar-refractivity contribution in [1.82, 2.24) is 0 Å². The lowest BCUT2D eigenvalue weighted by molar-refractivity contribution is 0.0845. The molecule has 1 fully saturated rings. The first-order valence-electron chi connectivity index (χ1n) is 6.26. The van der Waals surface area contributed by atoms with Gasteiger partial charge in [-0.3, -0.25) is 0 Å². The van der Waals surface area contributed by atoms with Crippen molar-refractivity contribution in [2.24, 2.45) is 0 Å². The zero-order valence-electron chi connectivity index (χ0n) is 10.3. The van der Waals surface area contributed by atoms with Crippen molar-refractivity contribution < 1.29 is 5.11 Å². The van der Waals surface area contributed by atoms with E-state index in [1.165, 1.54) is 36.3 Å². The molecule has 2 rings (SSSR count). The third-order valence-corrected chi connectivity index (χ3v) is 7.43. The Bertz CT molecular complexity index is 278. The molecule has 1 N–H and O–H groups in total. The number of aliphatic hydroxyl groups is 1. The molecular weight excluding hydrogens is 236 g/mol. The maximum atomic E-state index is 10.9. The highest BCUT2D eigenvalue weighted by atomic mass is 32.2. The highest BCUT2D eigenvalue weighted by molar-refractivity contribution is 8.18. The summed E-state index contributed by atoms with van der Waals surface area (Å²) < 4.78 is -0.0472. The van der Waals surface area contributed by atoms with Gasteiger partial charge in [-0.15, -0.1) is 23.5 Å². The fraction of sp³-hybridized carbons (Fsp3) is 0.846. The number of thioether (sulfide) groups is 2. The molecule has 0 spiro atoms. The first-order chi connectivity index (χ1) is 7.56. The van der Waals surface area contributed by atoms with Gasteiger partial charge in [0.15, 0.2) is 0 Å². The SMILES string of the molecule is CC1([C@](C)(O)C2=CCCCC2)SCCCS1. The van der Waals surface area contributed by atoms with E-state index in [2.05, 4.69) is 13.0 Å². The zero-order valence-corrected chi connectivity index (χ0v) is 11.9. The summed E-state index contributed by atoms with van der Waals surface area (Å²) in [6.07, 6.45) is 8.33. The summed E-state index contributed by atoms with van der Waals surface area (Å²) >= 11 is 3.88. The smallest absolute Gasteiger partial charge is 0.106 e. The molecule has 1 aliphatic heterocycles. The van der Waals surface area contributed by atoms with E-state index >= 15 is 0 Å². The van der Waals surface area contributed by atoms with E-state index in [1.54, 1.807) is 0 Å². The molecule has 0 radical (unpaired) electrons. The third-order valence-electron chi connectivity index (χ3n) is 3.84. The topological polar surface area (TPSA) is 20.2 Å². The largest absolute Gasteiger partial charge is 0.383 e. The highest BCUT2D eigenvalue weighted by Gasteiger charge is 2.47. The molecule has 0 aromatic carbocycles. The van der Waals surface area contributed by atoms with Crippen LogP contribution in [0.1, 0.15) is 46.0 Å². The van der Waals surface area contributed by atoms with Gasteiger partial charge in [0.25, 0.3) is 0 Å². The van der Waals surface area contributed by atoms with Crippen LogP contribution in [0.15, 0.2) is 11.6 Å². The molecule has 1 atom stereocenters. The first kappa shape index (κ1) is 12.8. The van der Waals surface area contributed by atoms with Crippen molar-refractivity contribution in [1.29, 1.82) is 0 Å². The lowest BCUT2D eigenvalue weighted by Gasteiger charge is -2.46. The molecule has 2 aliphatic rings. The normalized spacial score (nSPS) is 29.3. The van der Waals surface area contributed by atoms with E-state index in [-0.39, 0.29) is 4.08 Å². The quantitative estimate of drug-likeness (QED) is 0.760. The molecule has 0 aromatic rings. The Labute approximate surface area is 107 Å². The van der Waals surface area contributed by atoms with E-state index in [9.17, 15) is 5.11 Å². The van der Waals surface area contributed by atoms with Gasteiger partial charge in [-0.1, -0.05) is 6.08 Å². The average molecular weight is 258 g/mol. The Hall–Kier alpha value is 0.400. The fourth-order valence-electron chi connectivity index (χ4n) is 2.49. The predicted molar refractivity (Wildman–Crippen MR) is 75.1 cm³/mol. The van der Waals surface area contributed by atoms with Crippen molar-refractivity contribution in [3.8, 4) is 0 Å². The number of hydrogen-bond acceptors (Lipinski definition) is 3. The maximum Gasteiger partial charge on any atom is 0.106 e. The van der Waals surface area contributed by atoms with Crippen molar-refractivity contribution in [2.45, 2.75) is 55.6 Å². The lowest BCUT2D eigenvalue weighted by Crippen LogP contribution is -2.48. The van der Waals surface area contributed by atoms with Gasteiger partial charge in [0, 0.05) is 0 Å². The summed E-state index contributed by atoms with van der Waals surface area (Å²) in [5.41, 5.74) is 0.645. The van der Waals surface area contributed by atoms with Crippen molar-refractivity contribution in [3.63, 3.8) is 0 Å². The van der Waals surface area contributed by atoms with Crippen LogP contribution in [0.3, 0.4) is 0 Å². The second-order valence-corrected chi connectivity index (χ2v) is 8.33. The molecule has 0 unspecified atom stereocenters. The molecule has 1 saturated heterocycles. The van der Waals surface area contributed by atoms with Crippen LogP contribution >= 0.6 is 23.5 Å². The Morgan fingerprint density at radius 1 is 1.25 bits per heavy atom. The second kappa shape index (κ2) is 4.95. The summed E-state index contributed by atoms with van der Waals surface area (Å²) in [6.45, 7) is 4.24. The summed E-state index contributed by atoms with van der Waals surface area (Å²) in [5, 5.41) is 10.9.